The highest BCUT2D eigenvalue weighted by molar-refractivity contribution is 5.66. The molecule has 0 aliphatic heterocycles. The minimum Gasteiger partial charge on any atom is -0.496 e. The summed E-state index contributed by atoms with van der Waals surface area (Å²) in [5, 5.41) is 0. The molecule has 0 saturated heterocycles. The standard InChI is InChI=1S/C14H16FN3O/c1-9(8-16)14-17-6-5-12(18-14)11-7-10(15)3-4-13(11)19-2/h3-7,9H,8,16H2,1-2H3. The van der Waals surface area contributed by atoms with Gasteiger partial charge in [-0.05, 0) is 24.3 Å². The Hall–Kier alpha value is -2.01. The van der Waals surface area contributed by atoms with Crippen molar-refractivity contribution in [2.75, 3.05) is 13.7 Å². The Bertz CT molecular complexity index is 574. The Balaban J connectivity index is 2.49. The Morgan fingerprint density at radius 3 is 2.84 bits per heavy atom. The van der Waals surface area contributed by atoms with Crippen LogP contribution in [0.15, 0.2) is 30.5 Å². The maximum absolute atomic E-state index is 13.4. The molecule has 0 aliphatic rings. The predicted molar refractivity (Wildman–Crippen MR) is 71.4 cm³/mol. The SMILES string of the molecule is COc1ccc(F)cc1-c1ccnc(C(C)CN)n1. The number of aromatic nitrogens is 2. The number of nitrogens with zero attached hydrogens (tertiary/aromatic N) is 2. The van der Waals surface area contributed by atoms with E-state index in [1.54, 1.807) is 25.4 Å². The first-order chi connectivity index (χ1) is 9.15. The molecule has 100 valence electrons. The third-order valence-electron chi connectivity index (χ3n) is 2.91. The Kier molecular flexibility index (Phi) is 4.06. The second kappa shape index (κ2) is 5.75. The quantitative estimate of drug-likeness (QED) is 0.917. The van der Waals surface area contributed by atoms with Crippen LogP contribution in [0.3, 0.4) is 0 Å². The molecule has 1 atom stereocenters. The summed E-state index contributed by atoms with van der Waals surface area (Å²) in [7, 11) is 1.54. The third-order valence-corrected chi connectivity index (χ3v) is 2.91. The lowest BCUT2D eigenvalue weighted by atomic mass is 10.1. The van der Waals surface area contributed by atoms with Crippen molar-refractivity contribution in [1.29, 1.82) is 0 Å². The second-order valence-electron chi connectivity index (χ2n) is 4.28. The van der Waals surface area contributed by atoms with Gasteiger partial charge in [-0.2, -0.15) is 0 Å². The number of hydrogen-bond acceptors (Lipinski definition) is 4. The Labute approximate surface area is 111 Å². The summed E-state index contributed by atoms with van der Waals surface area (Å²) < 4.78 is 18.6. The van der Waals surface area contributed by atoms with E-state index in [0.717, 1.165) is 0 Å². The molecule has 0 radical (unpaired) electrons. The van der Waals surface area contributed by atoms with Crippen molar-refractivity contribution in [3.63, 3.8) is 0 Å². The van der Waals surface area contributed by atoms with Gasteiger partial charge < -0.3 is 10.5 Å². The summed E-state index contributed by atoms with van der Waals surface area (Å²) in [4.78, 5) is 8.61. The van der Waals surface area contributed by atoms with E-state index in [-0.39, 0.29) is 11.7 Å². The highest BCUT2D eigenvalue weighted by Gasteiger charge is 2.12. The van der Waals surface area contributed by atoms with Crippen molar-refractivity contribution in [2.45, 2.75) is 12.8 Å². The first kappa shape index (κ1) is 13.4. The molecule has 1 aromatic carbocycles. The molecule has 5 heteroatoms. The highest BCUT2D eigenvalue weighted by Crippen LogP contribution is 2.29. The van der Waals surface area contributed by atoms with Crippen molar-refractivity contribution in [3.05, 3.63) is 42.1 Å². The van der Waals surface area contributed by atoms with Crippen LogP contribution in [0.2, 0.25) is 0 Å². The average Bonchev–Trinajstić information content (AvgIpc) is 2.46. The molecule has 1 heterocycles. The molecule has 2 aromatic rings. The maximum Gasteiger partial charge on any atom is 0.133 e. The molecule has 0 spiro atoms. The van der Waals surface area contributed by atoms with Gasteiger partial charge in [0.25, 0.3) is 0 Å². The summed E-state index contributed by atoms with van der Waals surface area (Å²) in [6.07, 6.45) is 1.65. The van der Waals surface area contributed by atoms with Gasteiger partial charge in [-0.25, -0.2) is 14.4 Å². The smallest absolute Gasteiger partial charge is 0.133 e. The van der Waals surface area contributed by atoms with E-state index in [0.29, 0.717) is 29.4 Å². The lowest BCUT2D eigenvalue weighted by Crippen LogP contribution is -2.12. The van der Waals surface area contributed by atoms with Crippen molar-refractivity contribution in [2.24, 2.45) is 5.73 Å². The first-order valence-corrected chi connectivity index (χ1v) is 6.02. The average molecular weight is 261 g/mol. The van der Waals surface area contributed by atoms with E-state index in [1.807, 2.05) is 6.92 Å². The summed E-state index contributed by atoms with van der Waals surface area (Å²) in [6, 6.07) is 6.06. The molecule has 0 amide bonds. The van der Waals surface area contributed by atoms with Crippen molar-refractivity contribution >= 4 is 0 Å². The monoisotopic (exact) mass is 261 g/mol. The highest BCUT2D eigenvalue weighted by atomic mass is 19.1. The van der Waals surface area contributed by atoms with Crippen LogP contribution in [-0.4, -0.2) is 23.6 Å². The molecule has 2 N–H and O–H groups in total. The van der Waals surface area contributed by atoms with Crippen LogP contribution in [0.5, 0.6) is 5.75 Å². The minimum absolute atomic E-state index is 0.0551. The molecular weight excluding hydrogens is 245 g/mol. The summed E-state index contributed by atoms with van der Waals surface area (Å²) in [5.41, 5.74) is 6.84. The van der Waals surface area contributed by atoms with Gasteiger partial charge in [-0.1, -0.05) is 6.92 Å². The molecular formula is C14H16FN3O. The van der Waals surface area contributed by atoms with Crippen LogP contribution in [0.1, 0.15) is 18.7 Å². The molecule has 2 rings (SSSR count). The van der Waals surface area contributed by atoms with E-state index in [1.165, 1.54) is 12.1 Å². The van der Waals surface area contributed by atoms with E-state index in [2.05, 4.69) is 9.97 Å². The van der Waals surface area contributed by atoms with E-state index >= 15 is 0 Å². The van der Waals surface area contributed by atoms with E-state index < -0.39 is 0 Å². The molecule has 0 bridgehead atoms. The van der Waals surface area contributed by atoms with Gasteiger partial charge in [-0.15, -0.1) is 0 Å². The zero-order valence-corrected chi connectivity index (χ0v) is 10.9. The normalized spacial score (nSPS) is 12.2. The maximum atomic E-state index is 13.4. The summed E-state index contributed by atoms with van der Waals surface area (Å²) in [5.74, 6) is 0.945. The van der Waals surface area contributed by atoms with Gasteiger partial charge in [0, 0.05) is 24.2 Å². The molecule has 4 nitrogen and oxygen atoms in total. The van der Waals surface area contributed by atoms with E-state index in [9.17, 15) is 4.39 Å². The van der Waals surface area contributed by atoms with Gasteiger partial charge in [0.15, 0.2) is 0 Å². The van der Waals surface area contributed by atoms with Gasteiger partial charge in [0.2, 0.25) is 0 Å². The molecule has 19 heavy (non-hydrogen) atoms. The number of methoxy groups -OCH3 is 1. The fourth-order valence-corrected chi connectivity index (χ4v) is 1.75. The molecule has 1 unspecified atom stereocenters. The largest absolute Gasteiger partial charge is 0.496 e. The van der Waals surface area contributed by atoms with Crippen LogP contribution in [0.25, 0.3) is 11.3 Å². The third kappa shape index (κ3) is 2.88. The van der Waals surface area contributed by atoms with Gasteiger partial charge >= 0.3 is 0 Å². The molecule has 1 aromatic heterocycles. The topological polar surface area (TPSA) is 61.0 Å². The number of ether oxygens (including phenoxy) is 1. The number of rotatable bonds is 4. The predicted octanol–water partition coefficient (Wildman–Crippen LogP) is 2.35. The van der Waals surface area contributed by atoms with E-state index in [4.69, 9.17) is 10.5 Å². The molecule has 0 saturated carbocycles. The van der Waals surface area contributed by atoms with Crippen LogP contribution in [-0.2, 0) is 0 Å². The van der Waals surface area contributed by atoms with Gasteiger partial charge in [-0.3, -0.25) is 0 Å². The van der Waals surface area contributed by atoms with Crippen LogP contribution < -0.4 is 10.5 Å². The molecule has 0 fully saturated rings. The van der Waals surface area contributed by atoms with Crippen molar-refractivity contribution < 1.29 is 9.13 Å². The fourth-order valence-electron chi connectivity index (χ4n) is 1.75. The van der Waals surface area contributed by atoms with Crippen LogP contribution in [0.4, 0.5) is 4.39 Å². The number of hydrogen-bond donors (Lipinski definition) is 1. The second-order valence-corrected chi connectivity index (χ2v) is 4.28. The fraction of sp³-hybridized carbons (Fsp3) is 0.286. The minimum atomic E-state index is -0.331. The van der Waals surface area contributed by atoms with Gasteiger partial charge in [0.1, 0.15) is 17.4 Å². The number of benzene rings is 1. The Morgan fingerprint density at radius 1 is 1.37 bits per heavy atom. The summed E-state index contributed by atoms with van der Waals surface area (Å²) >= 11 is 0. The zero-order chi connectivity index (χ0) is 13.8. The zero-order valence-electron chi connectivity index (χ0n) is 10.9. The summed E-state index contributed by atoms with van der Waals surface area (Å²) in [6.45, 7) is 2.41. The van der Waals surface area contributed by atoms with Crippen LogP contribution in [0, 0.1) is 5.82 Å². The Morgan fingerprint density at radius 2 is 2.16 bits per heavy atom. The lowest BCUT2D eigenvalue weighted by Gasteiger charge is -2.11. The van der Waals surface area contributed by atoms with Crippen molar-refractivity contribution in [3.8, 4) is 17.0 Å². The van der Waals surface area contributed by atoms with Crippen molar-refractivity contribution in [1.82, 2.24) is 9.97 Å². The first-order valence-electron chi connectivity index (χ1n) is 6.02. The number of nitrogens with two attached hydrogens (primary N) is 1. The number of halogens is 1. The lowest BCUT2D eigenvalue weighted by molar-refractivity contribution is 0.415. The molecule has 0 aliphatic carbocycles. The van der Waals surface area contributed by atoms with Gasteiger partial charge in [0.05, 0.1) is 12.8 Å². The van der Waals surface area contributed by atoms with Crippen LogP contribution >= 0.6 is 0 Å².